The SMILES string of the molecule is C[Si]1(C)N[Si]2(N[Si](C)(C)O1)O[Si](c1ccccc1)(c1ccccc1)O[Si](c1ccccc1)(c1ccccc1)O2. The lowest BCUT2D eigenvalue weighted by atomic mass is 10.4. The van der Waals surface area contributed by atoms with Crippen LogP contribution >= 0.6 is 0 Å². The van der Waals surface area contributed by atoms with Crippen molar-refractivity contribution in [3.63, 3.8) is 0 Å². The lowest BCUT2D eigenvalue weighted by Gasteiger charge is -2.58. The molecule has 0 radical (unpaired) electrons. The third kappa shape index (κ3) is 5.05. The number of nitrogens with one attached hydrogen (secondary N) is 2. The highest BCUT2D eigenvalue weighted by Gasteiger charge is 2.70. The molecule has 4 aromatic rings. The Bertz CT molecular complexity index is 1240. The minimum Gasteiger partial charge on any atom is -0.433 e. The van der Waals surface area contributed by atoms with Crippen LogP contribution in [0.1, 0.15) is 0 Å². The summed E-state index contributed by atoms with van der Waals surface area (Å²) in [5, 5.41) is 4.24. The van der Waals surface area contributed by atoms with Gasteiger partial charge in [0.25, 0.3) is 17.0 Å². The van der Waals surface area contributed by atoms with E-state index in [1.54, 1.807) is 0 Å². The lowest BCUT2D eigenvalue weighted by molar-refractivity contribution is 0.229. The quantitative estimate of drug-likeness (QED) is 0.351. The van der Waals surface area contributed by atoms with Crippen molar-refractivity contribution in [3.8, 4) is 0 Å². The van der Waals surface area contributed by atoms with Gasteiger partial charge in [-0.3, -0.25) is 9.30 Å². The zero-order valence-electron chi connectivity index (χ0n) is 22.7. The average molecular weight is 603 g/mol. The van der Waals surface area contributed by atoms with Crippen LogP contribution < -0.4 is 30.0 Å². The minimum atomic E-state index is -3.36. The van der Waals surface area contributed by atoms with Gasteiger partial charge in [-0.15, -0.1) is 0 Å². The van der Waals surface area contributed by atoms with E-state index in [0.717, 1.165) is 20.7 Å². The van der Waals surface area contributed by atoms with E-state index in [1.165, 1.54) is 0 Å². The summed E-state index contributed by atoms with van der Waals surface area (Å²) in [6.45, 7) is 8.79. The first-order valence-corrected chi connectivity index (χ1v) is 24.5. The molecule has 200 valence electrons. The molecule has 0 saturated carbocycles. The van der Waals surface area contributed by atoms with Crippen molar-refractivity contribution in [2.45, 2.75) is 26.2 Å². The van der Waals surface area contributed by atoms with E-state index < -0.39 is 43.0 Å². The molecule has 1 spiro atoms. The summed E-state index contributed by atoms with van der Waals surface area (Å²) in [4.78, 5) is 0. The average Bonchev–Trinajstić information content (AvgIpc) is 2.92. The monoisotopic (exact) mass is 602 g/mol. The van der Waals surface area contributed by atoms with Crippen LogP contribution in [0.15, 0.2) is 121 Å². The summed E-state index contributed by atoms with van der Waals surface area (Å²) in [6, 6.07) is 41.9. The molecule has 2 heterocycles. The molecule has 0 unspecified atom stereocenters. The first-order chi connectivity index (χ1) is 18.7. The van der Waals surface area contributed by atoms with Crippen molar-refractivity contribution < 1.29 is 16.5 Å². The van der Waals surface area contributed by atoms with Gasteiger partial charge in [0, 0.05) is 0 Å². The van der Waals surface area contributed by atoms with Crippen LogP contribution in [0.3, 0.4) is 0 Å². The zero-order valence-corrected chi connectivity index (χ0v) is 27.7. The predicted octanol–water partition coefficient (Wildman–Crippen LogP) is 2.61. The van der Waals surface area contributed by atoms with Gasteiger partial charge in [-0.1, -0.05) is 121 Å². The number of hydrogen-bond acceptors (Lipinski definition) is 6. The lowest BCUT2D eigenvalue weighted by Crippen LogP contribution is -2.95. The fourth-order valence-corrected chi connectivity index (χ4v) is 35.4. The second-order valence-electron chi connectivity index (χ2n) is 11.0. The second-order valence-corrected chi connectivity index (χ2v) is 28.3. The molecule has 11 heteroatoms. The van der Waals surface area contributed by atoms with Crippen molar-refractivity contribution in [1.82, 2.24) is 9.30 Å². The van der Waals surface area contributed by atoms with Crippen LogP contribution in [-0.4, -0.2) is 43.0 Å². The highest BCUT2D eigenvalue weighted by atomic mass is 28.6. The maximum absolute atomic E-state index is 7.65. The highest BCUT2D eigenvalue weighted by molar-refractivity contribution is 7.13. The van der Waals surface area contributed by atoms with Crippen molar-refractivity contribution in [2.24, 2.45) is 0 Å². The molecule has 2 N–H and O–H groups in total. The third-order valence-corrected chi connectivity index (χ3v) is 29.7. The fourth-order valence-electron chi connectivity index (χ4n) is 5.72. The first kappa shape index (κ1) is 26.9. The molecule has 4 aromatic carbocycles. The Kier molecular flexibility index (Phi) is 6.88. The summed E-state index contributed by atoms with van der Waals surface area (Å²) in [6.07, 6.45) is 0. The van der Waals surface area contributed by atoms with E-state index in [9.17, 15) is 0 Å². The van der Waals surface area contributed by atoms with Crippen LogP contribution in [0.2, 0.25) is 26.2 Å². The summed E-state index contributed by atoms with van der Waals surface area (Å²) in [7, 11) is -14.8. The van der Waals surface area contributed by atoms with Crippen LogP contribution in [-0.2, 0) is 16.5 Å². The van der Waals surface area contributed by atoms with Gasteiger partial charge in [-0.05, 0) is 46.9 Å². The van der Waals surface area contributed by atoms with Gasteiger partial charge in [0.2, 0.25) is 0 Å². The Morgan fingerprint density at radius 2 is 0.667 bits per heavy atom. The molecule has 0 aromatic heterocycles. The predicted molar refractivity (Wildman–Crippen MR) is 167 cm³/mol. The summed E-state index contributed by atoms with van der Waals surface area (Å²) in [5.41, 5.74) is 0. The van der Waals surface area contributed by atoms with Gasteiger partial charge in [-0.25, -0.2) is 0 Å². The Morgan fingerprint density at radius 3 is 0.949 bits per heavy atom. The van der Waals surface area contributed by atoms with E-state index in [0.29, 0.717) is 0 Å². The standard InChI is InChI=1S/C28H34N2O4Si5/c1-35(2)29-39(30-36(3,4)31-35)33-37(25-17-9-5-10-18-25,26-19-11-6-12-20-26)32-38(34-39,27-21-13-7-14-22-27)28-23-15-8-16-24-28/h5-24,29-30H,1-4H3. The smallest absolute Gasteiger partial charge is 0.433 e. The topological polar surface area (TPSA) is 61.0 Å². The van der Waals surface area contributed by atoms with Crippen LogP contribution in [0.5, 0.6) is 0 Å². The van der Waals surface area contributed by atoms with Crippen molar-refractivity contribution >= 4 is 63.7 Å². The highest BCUT2D eigenvalue weighted by Crippen LogP contribution is 2.33. The van der Waals surface area contributed by atoms with E-state index in [-0.39, 0.29) is 0 Å². The van der Waals surface area contributed by atoms with E-state index in [1.807, 2.05) is 24.3 Å². The Morgan fingerprint density at radius 1 is 0.385 bits per heavy atom. The van der Waals surface area contributed by atoms with Crippen LogP contribution in [0, 0.1) is 0 Å². The van der Waals surface area contributed by atoms with E-state index in [2.05, 4.69) is 133 Å². The molecule has 0 atom stereocenters. The molecule has 0 aliphatic carbocycles. The number of hydrogen-bond donors (Lipinski definition) is 2. The van der Waals surface area contributed by atoms with Gasteiger partial charge in [0.1, 0.15) is 0 Å². The van der Waals surface area contributed by atoms with Gasteiger partial charge in [0.15, 0.2) is 0 Å². The van der Waals surface area contributed by atoms with Gasteiger partial charge < -0.3 is 16.5 Å². The molecular formula is C28H34N2O4Si5. The van der Waals surface area contributed by atoms with Crippen molar-refractivity contribution in [1.29, 1.82) is 0 Å². The first-order valence-electron chi connectivity index (χ1n) is 13.3. The molecular weight excluding hydrogens is 569 g/mol. The fraction of sp³-hybridized carbons (Fsp3) is 0.143. The molecule has 0 amide bonds. The van der Waals surface area contributed by atoms with E-state index in [4.69, 9.17) is 16.5 Å². The molecule has 6 rings (SSSR count). The number of benzene rings is 4. The molecule has 39 heavy (non-hydrogen) atoms. The minimum absolute atomic E-state index is 1.06. The van der Waals surface area contributed by atoms with E-state index >= 15 is 0 Å². The zero-order chi connectivity index (χ0) is 27.2. The van der Waals surface area contributed by atoms with Crippen LogP contribution in [0.25, 0.3) is 0 Å². The maximum atomic E-state index is 7.65. The van der Waals surface area contributed by atoms with Gasteiger partial charge in [-0.2, -0.15) is 0 Å². The Hall–Kier alpha value is -2.28. The van der Waals surface area contributed by atoms with Gasteiger partial charge >= 0.3 is 26.0 Å². The molecule has 0 bridgehead atoms. The van der Waals surface area contributed by atoms with Gasteiger partial charge in [0.05, 0.1) is 0 Å². The Balaban J connectivity index is 1.69. The summed E-state index contributed by atoms with van der Waals surface area (Å²) < 4.78 is 37.0. The maximum Gasteiger partial charge on any atom is 0.489 e. The molecule has 2 aliphatic rings. The molecule has 2 fully saturated rings. The third-order valence-electron chi connectivity index (χ3n) is 6.92. The number of rotatable bonds is 4. The van der Waals surface area contributed by atoms with Crippen molar-refractivity contribution in [3.05, 3.63) is 121 Å². The normalized spacial score (nSPS) is 22.3. The Labute approximate surface area is 236 Å². The molecule has 2 aliphatic heterocycles. The molecule has 6 nitrogen and oxygen atoms in total. The summed E-state index contributed by atoms with van der Waals surface area (Å²) >= 11 is 0. The summed E-state index contributed by atoms with van der Waals surface area (Å²) in [5.74, 6) is 0. The largest absolute Gasteiger partial charge is 0.489 e. The van der Waals surface area contributed by atoms with Crippen LogP contribution in [0.4, 0.5) is 0 Å². The second kappa shape index (κ2) is 9.97. The van der Waals surface area contributed by atoms with Crippen molar-refractivity contribution in [2.75, 3.05) is 0 Å². The molecule has 2 saturated heterocycles.